The topological polar surface area (TPSA) is 76.7 Å². The van der Waals surface area contributed by atoms with Gasteiger partial charge in [0.05, 0.1) is 5.69 Å². The number of hydrogen-bond donors (Lipinski definition) is 2. The van der Waals surface area contributed by atoms with Gasteiger partial charge < -0.3 is 20.1 Å². The monoisotopic (exact) mass is 340 g/mol. The highest BCUT2D eigenvalue weighted by molar-refractivity contribution is 5.99. The highest BCUT2D eigenvalue weighted by atomic mass is 16.5. The number of fused-ring (bicyclic) bond motifs is 1. The van der Waals surface area contributed by atoms with E-state index in [-0.39, 0.29) is 18.4 Å². The zero-order chi connectivity index (χ0) is 18.0. The van der Waals surface area contributed by atoms with Gasteiger partial charge >= 0.3 is 0 Å². The number of benzene rings is 2. The summed E-state index contributed by atoms with van der Waals surface area (Å²) >= 11 is 0. The lowest BCUT2D eigenvalue weighted by atomic mass is 10.1. The molecule has 1 heterocycles. The summed E-state index contributed by atoms with van der Waals surface area (Å²) in [5, 5.41) is 5.50. The predicted molar refractivity (Wildman–Crippen MR) is 95.2 cm³/mol. The van der Waals surface area contributed by atoms with Crippen LogP contribution in [0.2, 0.25) is 0 Å². The standard InChI is InChI=1S/C19H20N2O4/c1-11-4-6-16(12(2)8-11)24-10-18(22)20-14-5-7-17-15(9-14)21-19(23)13(3)25-17/h4-9,13H,10H2,1-3H3,(H,20,22)(H,21,23). The maximum absolute atomic E-state index is 12.1. The molecule has 0 bridgehead atoms. The molecule has 6 nitrogen and oxygen atoms in total. The molecule has 0 aromatic heterocycles. The van der Waals surface area contributed by atoms with E-state index in [1.54, 1.807) is 25.1 Å². The molecular weight excluding hydrogens is 320 g/mol. The fraction of sp³-hybridized carbons (Fsp3) is 0.263. The van der Waals surface area contributed by atoms with Crippen LogP contribution in [0.4, 0.5) is 11.4 Å². The molecule has 0 spiro atoms. The number of nitrogens with one attached hydrogen (secondary N) is 2. The summed E-state index contributed by atoms with van der Waals surface area (Å²) in [6.45, 7) is 5.52. The van der Waals surface area contributed by atoms with E-state index < -0.39 is 6.10 Å². The lowest BCUT2D eigenvalue weighted by Crippen LogP contribution is -2.34. The van der Waals surface area contributed by atoms with E-state index in [2.05, 4.69) is 10.6 Å². The Labute approximate surface area is 146 Å². The van der Waals surface area contributed by atoms with Crippen LogP contribution in [-0.4, -0.2) is 24.5 Å². The van der Waals surface area contributed by atoms with Gasteiger partial charge in [0.25, 0.3) is 11.8 Å². The van der Waals surface area contributed by atoms with E-state index >= 15 is 0 Å². The third-order valence-corrected chi connectivity index (χ3v) is 3.88. The zero-order valence-electron chi connectivity index (χ0n) is 14.4. The average Bonchev–Trinajstić information content (AvgIpc) is 2.55. The van der Waals surface area contributed by atoms with Gasteiger partial charge in [0.2, 0.25) is 0 Å². The van der Waals surface area contributed by atoms with Gasteiger partial charge in [0.1, 0.15) is 11.5 Å². The third-order valence-electron chi connectivity index (χ3n) is 3.88. The summed E-state index contributed by atoms with van der Waals surface area (Å²) in [5.41, 5.74) is 3.22. The molecule has 2 aromatic rings. The van der Waals surface area contributed by atoms with Crippen LogP contribution >= 0.6 is 0 Å². The SMILES string of the molecule is Cc1ccc(OCC(=O)Nc2ccc3c(c2)NC(=O)C(C)O3)c(C)c1. The molecule has 1 atom stereocenters. The van der Waals surface area contributed by atoms with E-state index in [0.717, 1.165) is 11.1 Å². The molecule has 3 rings (SSSR count). The molecule has 0 radical (unpaired) electrons. The van der Waals surface area contributed by atoms with Gasteiger partial charge in [-0.2, -0.15) is 0 Å². The van der Waals surface area contributed by atoms with Crippen LogP contribution in [0.5, 0.6) is 11.5 Å². The first kappa shape index (κ1) is 16.8. The van der Waals surface area contributed by atoms with Crippen molar-refractivity contribution in [2.45, 2.75) is 26.9 Å². The van der Waals surface area contributed by atoms with Gasteiger partial charge in [-0.3, -0.25) is 9.59 Å². The van der Waals surface area contributed by atoms with Crippen molar-refractivity contribution < 1.29 is 19.1 Å². The van der Waals surface area contributed by atoms with Crippen LogP contribution in [0.1, 0.15) is 18.1 Å². The molecule has 2 N–H and O–H groups in total. The molecule has 130 valence electrons. The highest BCUT2D eigenvalue weighted by Gasteiger charge is 2.23. The Bertz CT molecular complexity index is 832. The normalized spacial score (nSPS) is 15.6. The Morgan fingerprint density at radius 3 is 2.80 bits per heavy atom. The number of carbonyl (C=O) groups is 2. The van der Waals surface area contributed by atoms with Crippen molar-refractivity contribution in [3.63, 3.8) is 0 Å². The molecule has 6 heteroatoms. The van der Waals surface area contributed by atoms with Crippen molar-refractivity contribution in [3.05, 3.63) is 47.5 Å². The maximum Gasteiger partial charge on any atom is 0.265 e. The van der Waals surface area contributed by atoms with Gasteiger partial charge in [-0.15, -0.1) is 0 Å². The average molecular weight is 340 g/mol. The van der Waals surface area contributed by atoms with E-state index in [4.69, 9.17) is 9.47 Å². The number of carbonyl (C=O) groups excluding carboxylic acids is 2. The summed E-state index contributed by atoms with van der Waals surface area (Å²) in [4.78, 5) is 23.8. The third kappa shape index (κ3) is 3.91. The van der Waals surface area contributed by atoms with E-state index in [9.17, 15) is 9.59 Å². The zero-order valence-corrected chi connectivity index (χ0v) is 14.4. The van der Waals surface area contributed by atoms with Gasteiger partial charge in [-0.05, 0) is 50.6 Å². The van der Waals surface area contributed by atoms with E-state index in [1.807, 2.05) is 32.0 Å². The molecule has 0 aliphatic carbocycles. The summed E-state index contributed by atoms with van der Waals surface area (Å²) in [6, 6.07) is 10.9. The van der Waals surface area contributed by atoms with Crippen LogP contribution in [0.25, 0.3) is 0 Å². The first-order chi connectivity index (χ1) is 11.9. The lowest BCUT2D eigenvalue weighted by molar-refractivity contribution is -0.122. The summed E-state index contributed by atoms with van der Waals surface area (Å²) < 4.78 is 11.0. The molecule has 1 unspecified atom stereocenters. The second-order valence-electron chi connectivity index (χ2n) is 6.07. The summed E-state index contributed by atoms with van der Waals surface area (Å²) in [6.07, 6.45) is -0.529. The second kappa shape index (κ2) is 6.84. The predicted octanol–water partition coefficient (Wildman–Crippen LogP) is 3.04. The Morgan fingerprint density at radius 2 is 2.04 bits per heavy atom. The molecule has 0 saturated carbocycles. The summed E-state index contributed by atoms with van der Waals surface area (Å²) in [7, 11) is 0. The molecular formula is C19H20N2O4. The van der Waals surface area contributed by atoms with Crippen molar-refractivity contribution in [1.29, 1.82) is 0 Å². The molecule has 1 aliphatic heterocycles. The number of ether oxygens (including phenoxy) is 2. The van der Waals surface area contributed by atoms with E-state index in [1.165, 1.54) is 0 Å². The quantitative estimate of drug-likeness (QED) is 0.897. The number of aryl methyl sites for hydroxylation is 2. The van der Waals surface area contributed by atoms with Crippen molar-refractivity contribution >= 4 is 23.2 Å². The van der Waals surface area contributed by atoms with E-state index in [0.29, 0.717) is 22.9 Å². The molecule has 2 amide bonds. The van der Waals surface area contributed by atoms with Gasteiger partial charge in [-0.25, -0.2) is 0 Å². The minimum Gasteiger partial charge on any atom is -0.483 e. The highest BCUT2D eigenvalue weighted by Crippen LogP contribution is 2.32. The maximum atomic E-state index is 12.1. The Balaban J connectivity index is 1.61. The molecule has 1 aliphatic rings. The van der Waals surface area contributed by atoms with Crippen LogP contribution in [0, 0.1) is 13.8 Å². The smallest absolute Gasteiger partial charge is 0.265 e. The first-order valence-corrected chi connectivity index (χ1v) is 8.04. The summed E-state index contributed by atoms with van der Waals surface area (Å²) in [5.74, 6) is 0.767. The lowest BCUT2D eigenvalue weighted by Gasteiger charge is -2.23. The van der Waals surface area contributed by atoms with Crippen LogP contribution in [0.3, 0.4) is 0 Å². The number of hydrogen-bond acceptors (Lipinski definition) is 4. The Hall–Kier alpha value is -3.02. The van der Waals surface area contributed by atoms with Crippen LogP contribution in [-0.2, 0) is 9.59 Å². The minimum absolute atomic E-state index is 0.0964. The Kier molecular flexibility index (Phi) is 4.61. The van der Waals surface area contributed by atoms with Crippen molar-refractivity contribution in [1.82, 2.24) is 0 Å². The largest absolute Gasteiger partial charge is 0.483 e. The van der Waals surface area contributed by atoms with Gasteiger partial charge in [-0.1, -0.05) is 17.7 Å². The Morgan fingerprint density at radius 1 is 1.24 bits per heavy atom. The van der Waals surface area contributed by atoms with Gasteiger partial charge in [0, 0.05) is 5.69 Å². The number of amides is 2. The van der Waals surface area contributed by atoms with Crippen LogP contribution in [0.15, 0.2) is 36.4 Å². The van der Waals surface area contributed by atoms with Crippen LogP contribution < -0.4 is 20.1 Å². The first-order valence-electron chi connectivity index (χ1n) is 8.04. The van der Waals surface area contributed by atoms with Gasteiger partial charge in [0.15, 0.2) is 12.7 Å². The fourth-order valence-electron chi connectivity index (χ4n) is 2.59. The molecule has 25 heavy (non-hydrogen) atoms. The number of rotatable bonds is 4. The van der Waals surface area contributed by atoms with Crippen molar-refractivity contribution in [3.8, 4) is 11.5 Å². The molecule has 0 fully saturated rings. The molecule has 2 aromatic carbocycles. The minimum atomic E-state index is -0.529. The fourth-order valence-corrected chi connectivity index (χ4v) is 2.59. The van der Waals surface area contributed by atoms with Crippen molar-refractivity contribution in [2.24, 2.45) is 0 Å². The second-order valence-corrected chi connectivity index (χ2v) is 6.07. The number of anilines is 2. The molecule has 0 saturated heterocycles. The van der Waals surface area contributed by atoms with Crippen molar-refractivity contribution in [2.75, 3.05) is 17.2 Å².